The van der Waals surface area contributed by atoms with Crippen LogP contribution in [-0.4, -0.2) is 28.0 Å². The first-order valence-electron chi connectivity index (χ1n) is 6.84. The van der Waals surface area contributed by atoms with Gasteiger partial charge in [-0.3, -0.25) is 4.68 Å². The van der Waals surface area contributed by atoms with Crippen LogP contribution in [0, 0.1) is 13.8 Å². The summed E-state index contributed by atoms with van der Waals surface area (Å²) < 4.78 is 8.12. The first-order chi connectivity index (χ1) is 8.43. The third-order valence-corrected chi connectivity index (χ3v) is 3.86. The van der Waals surface area contributed by atoms with E-state index >= 15 is 0 Å². The van der Waals surface area contributed by atoms with Crippen LogP contribution < -0.4 is 5.73 Å². The van der Waals surface area contributed by atoms with E-state index in [0.717, 1.165) is 31.5 Å². The first kappa shape index (κ1) is 13.6. The van der Waals surface area contributed by atoms with Crippen molar-refractivity contribution in [2.75, 3.05) is 6.54 Å². The van der Waals surface area contributed by atoms with Crippen molar-refractivity contribution in [2.45, 2.75) is 65.2 Å². The normalized spacial score (nSPS) is 22.6. The van der Waals surface area contributed by atoms with Gasteiger partial charge in [0.15, 0.2) is 0 Å². The van der Waals surface area contributed by atoms with E-state index in [1.54, 1.807) is 0 Å². The maximum absolute atomic E-state index is 6.03. The molecule has 18 heavy (non-hydrogen) atoms. The van der Waals surface area contributed by atoms with Crippen LogP contribution in [0.3, 0.4) is 0 Å². The molecule has 0 radical (unpaired) electrons. The maximum atomic E-state index is 6.03. The number of nitrogens with zero attached hydrogens (tertiary/aromatic N) is 2. The van der Waals surface area contributed by atoms with Gasteiger partial charge < -0.3 is 10.5 Å². The zero-order valence-electron chi connectivity index (χ0n) is 12.0. The Morgan fingerprint density at radius 2 is 2.17 bits per heavy atom. The summed E-state index contributed by atoms with van der Waals surface area (Å²) in [7, 11) is 0. The molecule has 1 aromatic heterocycles. The van der Waals surface area contributed by atoms with E-state index in [4.69, 9.17) is 10.5 Å². The Kier molecular flexibility index (Phi) is 3.78. The molecule has 0 saturated carbocycles. The van der Waals surface area contributed by atoms with Crippen molar-refractivity contribution in [1.82, 2.24) is 9.78 Å². The second kappa shape index (κ2) is 5.02. The van der Waals surface area contributed by atoms with Crippen LogP contribution in [0.15, 0.2) is 0 Å². The zero-order chi connectivity index (χ0) is 13.3. The average Bonchev–Trinajstić information content (AvgIpc) is 2.74. The summed E-state index contributed by atoms with van der Waals surface area (Å²) in [5.41, 5.74) is 9.32. The second-order valence-electron chi connectivity index (χ2n) is 5.91. The highest BCUT2D eigenvalue weighted by molar-refractivity contribution is 5.24. The Hall–Kier alpha value is -0.870. The Morgan fingerprint density at radius 3 is 2.72 bits per heavy atom. The number of rotatable bonds is 4. The molecular formula is C14H25N3O. The second-order valence-corrected chi connectivity index (χ2v) is 5.91. The van der Waals surface area contributed by atoms with Crippen LogP contribution in [0.5, 0.6) is 0 Å². The van der Waals surface area contributed by atoms with E-state index in [9.17, 15) is 0 Å². The molecule has 4 heteroatoms. The zero-order valence-corrected chi connectivity index (χ0v) is 12.0. The number of nitrogens with two attached hydrogens (primary N) is 1. The highest BCUT2D eigenvalue weighted by Gasteiger charge is 2.32. The lowest BCUT2D eigenvalue weighted by Gasteiger charge is -2.19. The molecule has 1 fully saturated rings. The number of hydrogen-bond donors (Lipinski definition) is 1. The first-order valence-corrected chi connectivity index (χ1v) is 6.84. The number of hydrogen-bond acceptors (Lipinski definition) is 3. The number of aromatic nitrogens is 2. The molecule has 0 bridgehead atoms. The van der Waals surface area contributed by atoms with Crippen molar-refractivity contribution in [3.05, 3.63) is 17.0 Å². The number of ether oxygens (including phenoxy) is 1. The van der Waals surface area contributed by atoms with Gasteiger partial charge in [0.05, 0.1) is 23.9 Å². The van der Waals surface area contributed by atoms with Crippen molar-refractivity contribution in [3.8, 4) is 0 Å². The SMILES string of the molecule is Cc1nn(CC2CCC(C)(C)O2)c(C)c1CCN. The summed E-state index contributed by atoms with van der Waals surface area (Å²) in [6, 6.07) is 0. The predicted octanol–water partition coefficient (Wildman–Crippen LogP) is 1.96. The van der Waals surface area contributed by atoms with E-state index in [2.05, 4.69) is 37.5 Å². The molecule has 2 heterocycles. The van der Waals surface area contributed by atoms with Gasteiger partial charge in [-0.25, -0.2) is 0 Å². The highest BCUT2D eigenvalue weighted by Crippen LogP contribution is 2.30. The van der Waals surface area contributed by atoms with Gasteiger partial charge in [0.25, 0.3) is 0 Å². The highest BCUT2D eigenvalue weighted by atomic mass is 16.5. The Bertz CT molecular complexity index is 423. The summed E-state index contributed by atoms with van der Waals surface area (Å²) in [5.74, 6) is 0. The molecule has 2 rings (SSSR count). The fourth-order valence-corrected chi connectivity index (χ4v) is 2.82. The molecular weight excluding hydrogens is 226 g/mol. The van der Waals surface area contributed by atoms with Gasteiger partial charge in [-0.2, -0.15) is 5.10 Å². The quantitative estimate of drug-likeness (QED) is 0.890. The molecule has 1 atom stereocenters. The van der Waals surface area contributed by atoms with E-state index in [1.165, 1.54) is 11.3 Å². The fraction of sp³-hybridized carbons (Fsp3) is 0.786. The van der Waals surface area contributed by atoms with Crippen LogP contribution in [0.25, 0.3) is 0 Å². The smallest absolute Gasteiger partial charge is 0.0779 e. The lowest BCUT2D eigenvalue weighted by Crippen LogP contribution is -2.23. The van der Waals surface area contributed by atoms with Crippen molar-refractivity contribution < 1.29 is 4.74 Å². The molecule has 1 unspecified atom stereocenters. The third kappa shape index (κ3) is 2.75. The maximum Gasteiger partial charge on any atom is 0.0779 e. The molecule has 102 valence electrons. The van der Waals surface area contributed by atoms with Crippen LogP contribution >= 0.6 is 0 Å². The topological polar surface area (TPSA) is 53.1 Å². The molecule has 0 aromatic carbocycles. The molecule has 0 spiro atoms. The van der Waals surface area contributed by atoms with Crippen molar-refractivity contribution >= 4 is 0 Å². The molecule has 1 saturated heterocycles. The van der Waals surface area contributed by atoms with Crippen molar-refractivity contribution in [2.24, 2.45) is 5.73 Å². The average molecular weight is 251 g/mol. The third-order valence-electron chi connectivity index (χ3n) is 3.86. The lowest BCUT2D eigenvalue weighted by atomic mass is 10.1. The molecule has 2 N–H and O–H groups in total. The standard InChI is InChI=1S/C14H25N3O/c1-10-13(6-8-15)11(2)17(16-10)9-12-5-7-14(3,4)18-12/h12H,5-9,15H2,1-4H3. The van der Waals surface area contributed by atoms with Gasteiger partial charge in [0.1, 0.15) is 0 Å². The van der Waals surface area contributed by atoms with Gasteiger partial charge in [-0.15, -0.1) is 0 Å². The van der Waals surface area contributed by atoms with Crippen LogP contribution in [0.4, 0.5) is 0 Å². The molecule has 1 aliphatic rings. The van der Waals surface area contributed by atoms with Crippen molar-refractivity contribution in [1.29, 1.82) is 0 Å². The summed E-state index contributed by atoms with van der Waals surface area (Å²) in [4.78, 5) is 0. The van der Waals surface area contributed by atoms with E-state index in [0.29, 0.717) is 12.6 Å². The Balaban J connectivity index is 2.08. The molecule has 1 aliphatic heterocycles. The van der Waals surface area contributed by atoms with Crippen molar-refractivity contribution in [3.63, 3.8) is 0 Å². The van der Waals surface area contributed by atoms with Gasteiger partial charge in [-0.05, 0) is 59.1 Å². The molecule has 0 aliphatic carbocycles. The predicted molar refractivity (Wildman–Crippen MR) is 72.6 cm³/mol. The summed E-state index contributed by atoms with van der Waals surface area (Å²) in [5, 5.41) is 4.62. The van der Waals surface area contributed by atoms with Crippen LogP contribution in [0.1, 0.15) is 43.6 Å². The molecule has 4 nitrogen and oxygen atoms in total. The fourth-order valence-electron chi connectivity index (χ4n) is 2.82. The van der Waals surface area contributed by atoms with Gasteiger partial charge >= 0.3 is 0 Å². The summed E-state index contributed by atoms with van der Waals surface area (Å²) in [6.45, 7) is 10.1. The van der Waals surface area contributed by atoms with E-state index < -0.39 is 0 Å². The number of aryl methyl sites for hydroxylation is 1. The molecule has 0 amide bonds. The van der Waals surface area contributed by atoms with Crippen LogP contribution in [-0.2, 0) is 17.7 Å². The Labute approximate surface area is 110 Å². The minimum absolute atomic E-state index is 0.0286. The summed E-state index contributed by atoms with van der Waals surface area (Å²) >= 11 is 0. The Morgan fingerprint density at radius 1 is 1.44 bits per heavy atom. The van der Waals surface area contributed by atoms with E-state index in [-0.39, 0.29) is 5.60 Å². The minimum atomic E-state index is 0.0286. The van der Waals surface area contributed by atoms with Gasteiger partial charge in [0.2, 0.25) is 0 Å². The minimum Gasteiger partial charge on any atom is -0.370 e. The van der Waals surface area contributed by atoms with E-state index in [1.807, 2.05) is 0 Å². The largest absolute Gasteiger partial charge is 0.370 e. The van der Waals surface area contributed by atoms with Gasteiger partial charge in [0, 0.05) is 5.69 Å². The monoisotopic (exact) mass is 251 g/mol. The molecule has 1 aromatic rings. The van der Waals surface area contributed by atoms with Crippen LogP contribution in [0.2, 0.25) is 0 Å². The lowest BCUT2D eigenvalue weighted by molar-refractivity contribution is -0.0232. The summed E-state index contributed by atoms with van der Waals surface area (Å²) in [6.07, 6.45) is 3.46. The van der Waals surface area contributed by atoms with Gasteiger partial charge in [-0.1, -0.05) is 0 Å².